The van der Waals surface area contributed by atoms with E-state index in [0.717, 1.165) is 6.42 Å². The standard InChI is InChI=1S/C6H13NO2/c1-3-4(2)5(7)6(8)9/h4-5H,3,7H2,1-2H3,(H,8,9)/t4-,5+/m1/s1/i2+1,7+1. The summed E-state index contributed by atoms with van der Waals surface area (Å²) < 4.78 is 0. The van der Waals surface area contributed by atoms with Gasteiger partial charge in [0.15, 0.2) is 0 Å². The first-order valence-electron chi connectivity index (χ1n) is 3.08. The SMILES string of the molecule is CC[C@@H]([13CH3])[C@H]([15NH2])C(=O)O. The van der Waals surface area contributed by atoms with Crippen molar-refractivity contribution in [3.63, 3.8) is 0 Å². The number of rotatable bonds is 3. The Kier molecular flexibility index (Phi) is 3.24. The summed E-state index contributed by atoms with van der Waals surface area (Å²) in [6.07, 6.45) is 0.813. The predicted octanol–water partition coefficient (Wildman–Crippen LogP) is 0.444. The lowest BCUT2D eigenvalue weighted by atomic mass is 10.1. The summed E-state index contributed by atoms with van der Waals surface area (Å²) in [5.41, 5.74) is 5.27. The van der Waals surface area contributed by atoms with E-state index in [-0.39, 0.29) is 5.92 Å². The summed E-state index contributed by atoms with van der Waals surface area (Å²) in [6, 6.07) is -0.699. The Morgan fingerprint density at radius 3 is 2.33 bits per heavy atom. The topological polar surface area (TPSA) is 63.3 Å². The lowest BCUT2D eigenvalue weighted by molar-refractivity contribution is -0.139. The van der Waals surface area contributed by atoms with Crippen molar-refractivity contribution >= 4 is 5.97 Å². The van der Waals surface area contributed by atoms with Gasteiger partial charge in [-0.25, -0.2) is 0 Å². The Morgan fingerprint density at radius 1 is 1.78 bits per heavy atom. The number of carboxylic acid groups (broad SMARTS) is 1. The fraction of sp³-hybridized carbons (Fsp3) is 0.833. The number of aliphatic carboxylic acids is 1. The normalized spacial score (nSPS) is 16.8. The van der Waals surface area contributed by atoms with Crippen LogP contribution in [-0.2, 0) is 4.79 Å². The van der Waals surface area contributed by atoms with Crippen LogP contribution < -0.4 is 5.73 Å². The molecular formula is C6H13NO2. The molecule has 0 saturated carbocycles. The van der Waals surface area contributed by atoms with Crippen LogP contribution in [0.3, 0.4) is 0 Å². The molecule has 0 aliphatic rings. The molecular weight excluding hydrogens is 120 g/mol. The van der Waals surface area contributed by atoms with Gasteiger partial charge >= 0.3 is 5.97 Å². The van der Waals surface area contributed by atoms with E-state index in [4.69, 9.17) is 10.8 Å². The molecule has 3 N–H and O–H groups in total. The zero-order valence-corrected chi connectivity index (χ0v) is 5.79. The van der Waals surface area contributed by atoms with Crippen LogP contribution >= 0.6 is 0 Å². The van der Waals surface area contributed by atoms with Crippen molar-refractivity contribution in [1.82, 2.24) is 0 Å². The highest BCUT2D eigenvalue weighted by Gasteiger charge is 2.17. The summed E-state index contributed by atoms with van der Waals surface area (Å²) in [5, 5.41) is 8.36. The Hall–Kier alpha value is -0.570. The summed E-state index contributed by atoms with van der Waals surface area (Å²) >= 11 is 0. The molecule has 0 aromatic carbocycles. The van der Waals surface area contributed by atoms with Crippen molar-refractivity contribution in [1.29, 1.82) is 0 Å². The molecule has 54 valence electrons. The maximum atomic E-state index is 10.2. The van der Waals surface area contributed by atoms with E-state index in [0.29, 0.717) is 0 Å². The van der Waals surface area contributed by atoms with Crippen molar-refractivity contribution in [2.24, 2.45) is 11.7 Å². The molecule has 3 nitrogen and oxygen atoms in total. The Labute approximate surface area is 54.9 Å². The van der Waals surface area contributed by atoms with Gasteiger partial charge in [-0.05, 0) is 5.92 Å². The van der Waals surface area contributed by atoms with Gasteiger partial charge in [0.25, 0.3) is 0 Å². The van der Waals surface area contributed by atoms with Gasteiger partial charge in [0.05, 0.1) is 0 Å². The molecule has 0 aromatic rings. The molecule has 0 heterocycles. The lowest BCUT2D eigenvalue weighted by Gasteiger charge is -2.11. The number of carbonyl (C=O) groups is 1. The zero-order valence-electron chi connectivity index (χ0n) is 5.79. The third-order valence-corrected chi connectivity index (χ3v) is 1.54. The van der Waals surface area contributed by atoms with Crippen molar-refractivity contribution in [2.75, 3.05) is 0 Å². The van der Waals surface area contributed by atoms with Gasteiger partial charge in [0.1, 0.15) is 6.04 Å². The van der Waals surface area contributed by atoms with Crippen molar-refractivity contribution in [3.8, 4) is 0 Å². The molecule has 0 rings (SSSR count). The molecule has 0 aromatic heterocycles. The second kappa shape index (κ2) is 3.45. The molecule has 0 amide bonds. The van der Waals surface area contributed by atoms with Crippen LogP contribution in [-0.4, -0.2) is 17.1 Å². The second-order valence-corrected chi connectivity index (χ2v) is 2.25. The van der Waals surface area contributed by atoms with E-state index in [1.54, 1.807) is 0 Å². The number of hydrogen-bond donors (Lipinski definition) is 2. The lowest BCUT2D eigenvalue weighted by Crippen LogP contribution is -2.36. The molecule has 0 spiro atoms. The highest BCUT2D eigenvalue weighted by atomic mass is 16.4. The minimum absolute atomic E-state index is 0.0718. The van der Waals surface area contributed by atoms with Gasteiger partial charge in [-0.1, -0.05) is 20.3 Å². The van der Waals surface area contributed by atoms with Crippen LogP contribution in [0.5, 0.6) is 0 Å². The molecule has 0 radical (unpaired) electrons. The Bertz CT molecular complexity index is 103. The Morgan fingerprint density at radius 2 is 2.22 bits per heavy atom. The van der Waals surface area contributed by atoms with Crippen molar-refractivity contribution in [2.45, 2.75) is 26.3 Å². The third-order valence-electron chi connectivity index (χ3n) is 1.54. The number of carboxylic acids is 1. The molecule has 0 bridgehead atoms. The average molecular weight is 133 g/mol. The quantitative estimate of drug-likeness (QED) is 0.434. The molecule has 0 saturated heterocycles. The van der Waals surface area contributed by atoms with Crippen molar-refractivity contribution < 1.29 is 9.90 Å². The van der Waals surface area contributed by atoms with Gasteiger partial charge in [0.2, 0.25) is 0 Å². The zero-order chi connectivity index (χ0) is 7.44. The highest BCUT2D eigenvalue weighted by Crippen LogP contribution is 2.04. The number of hydrogen-bond acceptors (Lipinski definition) is 2. The predicted molar refractivity (Wildman–Crippen MR) is 35.1 cm³/mol. The van der Waals surface area contributed by atoms with Gasteiger partial charge < -0.3 is 10.8 Å². The van der Waals surface area contributed by atoms with E-state index >= 15 is 0 Å². The van der Waals surface area contributed by atoms with Gasteiger partial charge in [-0.15, -0.1) is 0 Å². The van der Waals surface area contributed by atoms with E-state index < -0.39 is 12.0 Å². The van der Waals surface area contributed by atoms with Crippen molar-refractivity contribution in [3.05, 3.63) is 0 Å². The van der Waals surface area contributed by atoms with Gasteiger partial charge in [-0.2, -0.15) is 0 Å². The van der Waals surface area contributed by atoms with Crippen LogP contribution in [0.15, 0.2) is 0 Å². The van der Waals surface area contributed by atoms with E-state index in [1.807, 2.05) is 13.8 Å². The van der Waals surface area contributed by atoms with E-state index in [2.05, 4.69) is 0 Å². The van der Waals surface area contributed by atoms with Crippen LogP contribution in [0.25, 0.3) is 0 Å². The Balaban J connectivity index is 3.72. The fourth-order valence-corrected chi connectivity index (χ4v) is 0.497. The summed E-state index contributed by atoms with van der Waals surface area (Å²) in [6.45, 7) is 3.76. The maximum Gasteiger partial charge on any atom is 0.320 e. The van der Waals surface area contributed by atoms with Crippen LogP contribution in [0.2, 0.25) is 0 Å². The molecule has 9 heavy (non-hydrogen) atoms. The molecule has 2 atom stereocenters. The van der Waals surface area contributed by atoms with Crippen LogP contribution in [0.4, 0.5) is 0 Å². The van der Waals surface area contributed by atoms with E-state index in [1.165, 1.54) is 0 Å². The first-order chi connectivity index (χ1) is 4.09. The summed E-state index contributed by atoms with van der Waals surface area (Å²) in [5.74, 6) is -0.841. The molecule has 0 unspecified atom stereocenters. The first kappa shape index (κ1) is 8.43. The minimum Gasteiger partial charge on any atom is -0.480 e. The van der Waals surface area contributed by atoms with Gasteiger partial charge in [-0.3, -0.25) is 4.79 Å². The molecule has 0 aliphatic carbocycles. The summed E-state index contributed by atoms with van der Waals surface area (Å²) in [7, 11) is 0. The van der Waals surface area contributed by atoms with E-state index in [9.17, 15) is 4.79 Å². The monoisotopic (exact) mass is 133 g/mol. The van der Waals surface area contributed by atoms with Gasteiger partial charge in [0, 0.05) is 0 Å². The molecule has 0 fully saturated rings. The fourth-order valence-electron chi connectivity index (χ4n) is 0.497. The van der Waals surface area contributed by atoms with Crippen LogP contribution in [0.1, 0.15) is 20.3 Å². The molecule has 3 heteroatoms. The third kappa shape index (κ3) is 2.46. The maximum absolute atomic E-state index is 10.2. The highest BCUT2D eigenvalue weighted by molar-refractivity contribution is 5.73. The van der Waals surface area contributed by atoms with Crippen LogP contribution in [0, 0.1) is 5.92 Å². The smallest absolute Gasteiger partial charge is 0.320 e. The summed E-state index contributed by atoms with van der Waals surface area (Å²) in [4.78, 5) is 10.2. The first-order valence-corrected chi connectivity index (χ1v) is 3.08. The number of nitrogens with two attached hydrogens (primary N) is 1. The molecule has 0 aliphatic heterocycles. The second-order valence-electron chi connectivity index (χ2n) is 2.25. The largest absolute Gasteiger partial charge is 0.480 e. The average Bonchev–Trinajstić information content (AvgIpc) is 1.84. The minimum atomic E-state index is -0.913.